The number of ether oxygens (including phenoxy) is 1. The Kier molecular flexibility index (Phi) is 6.72. The summed E-state index contributed by atoms with van der Waals surface area (Å²) in [5, 5.41) is 14.8. The van der Waals surface area contributed by atoms with Crippen LogP contribution in [0.4, 0.5) is 23.7 Å². The highest BCUT2D eigenvalue weighted by Crippen LogP contribution is 2.43. The van der Waals surface area contributed by atoms with Gasteiger partial charge in [-0.15, -0.1) is 0 Å². The average Bonchev–Trinajstić information content (AvgIpc) is 3.59. The number of methoxy groups -OCH3 is 1. The zero-order valence-electron chi connectivity index (χ0n) is 20.1. The average molecular weight is 508 g/mol. The van der Waals surface area contributed by atoms with E-state index in [9.17, 15) is 27.9 Å². The topological polar surface area (TPSA) is 117 Å². The summed E-state index contributed by atoms with van der Waals surface area (Å²) >= 11 is 0. The molecule has 0 unspecified atom stereocenters. The number of carboxylic acid groups (broad SMARTS) is 1. The van der Waals surface area contributed by atoms with Crippen LogP contribution in [-0.4, -0.2) is 58.9 Å². The SMILES string of the molecule is COc1ncc(C(=O)N[C@@H](C)C2CC2)c(N2CC[C@](C)(NC(=O)O)C2)c1-c1ccnc(C(F)(F)F)c1. The van der Waals surface area contributed by atoms with Crippen LogP contribution >= 0.6 is 0 Å². The number of amides is 2. The van der Waals surface area contributed by atoms with Gasteiger partial charge in [0.15, 0.2) is 0 Å². The van der Waals surface area contributed by atoms with Gasteiger partial charge < -0.3 is 25.4 Å². The van der Waals surface area contributed by atoms with Crippen LogP contribution in [0, 0.1) is 5.92 Å². The van der Waals surface area contributed by atoms with Gasteiger partial charge in [-0.1, -0.05) is 0 Å². The molecule has 194 valence electrons. The van der Waals surface area contributed by atoms with Gasteiger partial charge in [0.05, 0.1) is 29.5 Å². The standard InChI is InChI=1S/C24H28F3N5O4/c1-13(14-4-5-14)30-20(33)16-11-29-21(36-3)18(15-6-8-28-17(10-15)24(25,26)27)19(16)32-9-7-23(2,12-32)31-22(34)35/h6,8,10-11,13-14,31H,4-5,7,9,12H2,1-3H3,(H,30,33)(H,34,35)/t13-,23-/m0/s1. The fourth-order valence-electron chi connectivity index (χ4n) is 4.65. The number of aromatic nitrogens is 2. The Bertz CT molecular complexity index is 1170. The van der Waals surface area contributed by atoms with Gasteiger partial charge in [-0.25, -0.2) is 9.78 Å². The number of carbonyl (C=O) groups excluding carboxylic acids is 1. The van der Waals surface area contributed by atoms with Gasteiger partial charge in [-0.2, -0.15) is 13.2 Å². The van der Waals surface area contributed by atoms with Crippen molar-refractivity contribution in [3.8, 4) is 17.0 Å². The monoisotopic (exact) mass is 507 g/mol. The molecule has 1 aliphatic heterocycles. The van der Waals surface area contributed by atoms with Gasteiger partial charge >= 0.3 is 12.3 Å². The molecule has 2 fully saturated rings. The molecule has 1 saturated heterocycles. The van der Waals surface area contributed by atoms with E-state index >= 15 is 0 Å². The second kappa shape index (κ2) is 9.47. The molecule has 36 heavy (non-hydrogen) atoms. The molecule has 2 aromatic heterocycles. The van der Waals surface area contributed by atoms with E-state index in [4.69, 9.17) is 4.74 Å². The van der Waals surface area contributed by atoms with Crippen LogP contribution in [-0.2, 0) is 6.18 Å². The van der Waals surface area contributed by atoms with Crippen molar-refractivity contribution in [3.05, 3.63) is 35.8 Å². The van der Waals surface area contributed by atoms with E-state index in [1.807, 2.05) is 6.92 Å². The summed E-state index contributed by atoms with van der Waals surface area (Å²) in [5.74, 6) is 0.00841. The molecule has 2 amide bonds. The molecule has 3 heterocycles. The summed E-state index contributed by atoms with van der Waals surface area (Å²) < 4.78 is 45.9. The predicted octanol–water partition coefficient (Wildman–Crippen LogP) is 3.94. The Labute approximate surface area is 206 Å². The predicted molar refractivity (Wildman–Crippen MR) is 125 cm³/mol. The van der Waals surface area contributed by atoms with E-state index in [-0.39, 0.29) is 35.2 Å². The smallest absolute Gasteiger partial charge is 0.433 e. The van der Waals surface area contributed by atoms with Crippen molar-refractivity contribution >= 4 is 17.7 Å². The number of nitrogens with one attached hydrogen (secondary N) is 2. The fourth-order valence-corrected chi connectivity index (χ4v) is 4.65. The highest BCUT2D eigenvalue weighted by atomic mass is 19.4. The number of rotatable bonds is 7. The maximum absolute atomic E-state index is 13.5. The first-order valence-electron chi connectivity index (χ1n) is 11.6. The van der Waals surface area contributed by atoms with Crippen LogP contribution < -0.4 is 20.3 Å². The number of pyridine rings is 2. The van der Waals surface area contributed by atoms with E-state index in [0.29, 0.717) is 24.6 Å². The first-order chi connectivity index (χ1) is 16.9. The van der Waals surface area contributed by atoms with Crippen molar-refractivity contribution in [3.63, 3.8) is 0 Å². The van der Waals surface area contributed by atoms with Crippen molar-refractivity contribution in [2.24, 2.45) is 5.92 Å². The lowest BCUT2D eigenvalue weighted by molar-refractivity contribution is -0.141. The number of alkyl halides is 3. The first kappa shape index (κ1) is 25.5. The quantitative estimate of drug-likeness (QED) is 0.520. The van der Waals surface area contributed by atoms with E-state index in [2.05, 4.69) is 20.6 Å². The Hall–Kier alpha value is -3.57. The fraction of sp³-hybridized carbons (Fsp3) is 0.500. The highest BCUT2D eigenvalue weighted by molar-refractivity contribution is 6.04. The highest BCUT2D eigenvalue weighted by Gasteiger charge is 2.40. The molecule has 2 aromatic rings. The van der Waals surface area contributed by atoms with Gasteiger partial charge in [0, 0.05) is 31.5 Å². The number of hydrogen-bond donors (Lipinski definition) is 3. The Morgan fingerprint density at radius 1 is 1.31 bits per heavy atom. The van der Waals surface area contributed by atoms with Crippen molar-refractivity contribution in [1.82, 2.24) is 20.6 Å². The van der Waals surface area contributed by atoms with Gasteiger partial charge in [0.1, 0.15) is 5.69 Å². The lowest BCUT2D eigenvalue weighted by Crippen LogP contribution is -2.47. The summed E-state index contributed by atoms with van der Waals surface area (Å²) in [6.45, 7) is 4.19. The zero-order chi connectivity index (χ0) is 26.3. The number of hydrogen-bond acceptors (Lipinski definition) is 6. The van der Waals surface area contributed by atoms with Gasteiger partial charge in [-0.3, -0.25) is 9.78 Å². The van der Waals surface area contributed by atoms with Crippen molar-refractivity contribution in [1.29, 1.82) is 0 Å². The lowest BCUT2D eigenvalue weighted by atomic mass is 9.99. The lowest BCUT2D eigenvalue weighted by Gasteiger charge is -2.29. The molecule has 0 spiro atoms. The normalized spacial score (nSPS) is 20.7. The molecule has 0 radical (unpaired) electrons. The van der Waals surface area contributed by atoms with Crippen LogP contribution in [0.3, 0.4) is 0 Å². The van der Waals surface area contributed by atoms with E-state index in [1.165, 1.54) is 19.4 Å². The number of halogens is 3. The summed E-state index contributed by atoms with van der Waals surface area (Å²) in [5.41, 5.74) is -1.09. The molecular formula is C24H28F3N5O4. The maximum atomic E-state index is 13.5. The van der Waals surface area contributed by atoms with Gasteiger partial charge in [-0.05, 0) is 56.7 Å². The molecule has 12 heteroatoms. The summed E-state index contributed by atoms with van der Waals surface area (Å²) in [4.78, 5) is 34.2. The summed E-state index contributed by atoms with van der Waals surface area (Å²) in [6, 6.07) is 2.21. The molecule has 1 saturated carbocycles. The van der Waals surface area contributed by atoms with Crippen molar-refractivity contribution in [2.45, 2.75) is 50.9 Å². The third-order valence-electron chi connectivity index (χ3n) is 6.68. The van der Waals surface area contributed by atoms with Crippen LogP contribution in [0.1, 0.15) is 49.2 Å². The minimum absolute atomic E-state index is 0.0379. The zero-order valence-corrected chi connectivity index (χ0v) is 20.1. The van der Waals surface area contributed by atoms with Crippen LogP contribution in [0.15, 0.2) is 24.5 Å². The van der Waals surface area contributed by atoms with Gasteiger partial charge in [0.25, 0.3) is 5.91 Å². The van der Waals surface area contributed by atoms with E-state index < -0.39 is 29.4 Å². The van der Waals surface area contributed by atoms with Gasteiger partial charge in [0.2, 0.25) is 5.88 Å². The molecule has 2 atom stereocenters. The third-order valence-corrected chi connectivity index (χ3v) is 6.68. The second-order valence-electron chi connectivity index (χ2n) is 9.59. The molecule has 4 rings (SSSR count). The molecule has 3 N–H and O–H groups in total. The molecule has 9 nitrogen and oxygen atoms in total. The van der Waals surface area contributed by atoms with Crippen LogP contribution in [0.5, 0.6) is 5.88 Å². The van der Waals surface area contributed by atoms with E-state index in [1.54, 1.807) is 11.8 Å². The molecule has 2 aliphatic rings. The summed E-state index contributed by atoms with van der Waals surface area (Å²) in [6.07, 6.45) is -1.02. The third kappa shape index (κ3) is 5.31. The maximum Gasteiger partial charge on any atom is 0.433 e. The number of carbonyl (C=O) groups is 2. The number of anilines is 1. The summed E-state index contributed by atoms with van der Waals surface area (Å²) in [7, 11) is 1.34. The van der Waals surface area contributed by atoms with Crippen molar-refractivity contribution < 1.29 is 32.6 Å². The Morgan fingerprint density at radius 3 is 2.64 bits per heavy atom. The van der Waals surface area contributed by atoms with Crippen LogP contribution in [0.25, 0.3) is 11.1 Å². The van der Waals surface area contributed by atoms with Crippen molar-refractivity contribution in [2.75, 3.05) is 25.1 Å². The molecule has 1 aliphatic carbocycles. The Morgan fingerprint density at radius 2 is 2.03 bits per heavy atom. The van der Waals surface area contributed by atoms with E-state index in [0.717, 1.165) is 25.1 Å². The molecular weight excluding hydrogens is 479 g/mol. The van der Waals surface area contributed by atoms with Crippen LogP contribution in [0.2, 0.25) is 0 Å². The minimum Gasteiger partial charge on any atom is -0.480 e. The Balaban J connectivity index is 1.86. The molecule has 0 bridgehead atoms. The minimum atomic E-state index is -4.68. The number of nitrogens with zero attached hydrogens (tertiary/aromatic N) is 3. The second-order valence-corrected chi connectivity index (χ2v) is 9.59. The molecule has 0 aromatic carbocycles. The first-order valence-corrected chi connectivity index (χ1v) is 11.6. The largest absolute Gasteiger partial charge is 0.480 e.